The third kappa shape index (κ3) is 7.53. The normalized spacial score (nSPS) is 19.2. The van der Waals surface area contributed by atoms with Crippen molar-refractivity contribution in [1.29, 1.82) is 0 Å². The first-order valence-corrected chi connectivity index (χ1v) is 14.1. The highest BCUT2D eigenvalue weighted by Gasteiger charge is 2.44. The Morgan fingerprint density at radius 3 is 2.50 bits per heavy atom. The van der Waals surface area contributed by atoms with E-state index < -0.39 is 35.4 Å². The number of hydrogen-bond donors (Lipinski definition) is 3. The summed E-state index contributed by atoms with van der Waals surface area (Å²) in [5.41, 5.74) is 4.12. The number of aromatic nitrogens is 1. The van der Waals surface area contributed by atoms with Gasteiger partial charge in [-0.1, -0.05) is 45.0 Å². The van der Waals surface area contributed by atoms with Crippen LogP contribution in [0.4, 0.5) is 0 Å². The average molecular weight is 565 g/mol. The molecule has 1 aromatic carbocycles. The minimum atomic E-state index is -0.907. The molecule has 2 aromatic rings. The van der Waals surface area contributed by atoms with E-state index in [2.05, 4.69) is 15.6 Å². The van der Waals surface area contributed by atoms with Crippen LogP contribution in [0.5, 0.6) is 0 Å². The van der Waals surface area contributed by atoms with Gasteiger partial charge in [-0.15, -0.1) is 22.9 Å². The summed E-state index contributed by atoms with van der Waals surface area (Å²) in [4.78, 5) is 46.1. The van der Waals surface area contributed by atoms with Gasteiger partial charge in [-0.3, -0.25) is 14.4 Å². The SMILES string of the molecule is Cc1ncsc1-c1ccc(C(C)NC(=O)C2CC(O)CN2C(=O)C(NC(=O)COCCCl)C(C)(C)C)cc1. The summed E-state index contributed by atoms with van der Waals surface area (Å²) in [6, 6.07) is 5.85. The molecule has 3 rings (SSSR count). The Kier molecular flexibility index (Phi) is 10.3. The van der Waals surface area contributed by atoms with Gasteiger partial charge in [0, 0.05) is 18.8 Å². The quantitative estimate of drug-likeness (QED) is 0.301. The molecule has 0 saturated carbocycles. The molecule has 4 unspecified atom stereocenters. The van der Waals surface area contributed by atoms with E-state index in [0.29, 0.717) is 0 Å². The van der Waals surface area contributed by atoms with Crippen molar-refractivity contribution >= 4 is 40.7 Å². The summed E-state index contributed by atoms with van der Waals surface area (Å²) in [5.74, 6) is -0.966. The molecule has 1 aromatic heterocycles. The lowest BCUT2D eigenvalue weighted by Crippen LogP contribution is -2.58. The van der Waals surface area contributed by atoms with Crippen LogP contribution in [-0.4, -0.2) is 76.5 Å². The molecule has 1 aliphatic rings. The summed E-state index contributed by atoms with van der Waals surface area (Å²) in [6.45, 7) is 9.34. The van der Waals surface area contributed by atoms with Crippen molar-refractivity contribution in [2.45, 2.75) is 65.3 Å². The van der Waals surface area contributed by atoms with E-state index in [4.69, 9.17) is 16.3 Å². The number of benzene rings is 1. The van der Waals surface area contributed by atoms with E-state index in [1.54, 1.807) is 11.3 Å². The van der Waals surface area contributed by atoms with Gasteiger partial charge in [-0.25, -0.2) is 4.98 Å². The third-order valence-corrected chi connectivity index (χ3v) is 7.65. The predicted molar refractivity (Wildman–Crippen MR) is 148 cm³/mol. The van der Waals surface area contributed by atoms with Crippen molar-refractivity contribution in [3.63, 3.8) is 0 Å². The number of aliphatic hydroxyl groups excluding tert-OH is 1. The van der Waals surface area contributed by atoms with E-state index in [1.807, 2.05) is 64.4 Å². The molecule has 1 fully saturated rings. The van der Waals surface area contributed by atoms with Crippen LogP contribution in [-0.2, 0) is 19.1 Å². The van der Waals surface area contributed by atoms with Crippen LogP contribution >= 0.6 is 22.9 Å². The monoisotopic (exact) mass is 564 g/mol. The molecule has 1 saturated heterocycles. The van der Waals surface area contributed by atoms with Crippen molar-refractivity contribution in [2.75, 3.05) is 25.6 Å². The third-order valence-electron chi connectivity index (χ3n) is 6.51. The largest absolute Gasteiger partial charge is 0.391 e. The lowest BCUT2D eigenvalue weighted by molar-refractivity contribution is -0.144. The van der Waals surface area contributed by atoms with E-state index in [-0.39, 0.29) is 44.0 Å². The number of amides is 3. The van der Waals surface area contributed by atoms with Gasteiger partial charge >= 0.3 is 0 Å². The van der Waals surface area contributed by atoms with E-state index in [1.165, 1.54) is 4.90 Å². The molecule has 3 amide bonds. The molecule has 1 aliphatic heterocycles. The van der Waals surface area contributed by atoms with Gasteiger partial charge in [0.15, 0.2) is 0 Å². The lowest BCUT2D eigenvalue weighted by Gasteiger charge is -2.35. The van der Waals surface area contributed by atoms with Crippen LogP contribution in [0.15, 0.2) is 29.8 Å². The van der Waals surface area contributed by atoms with Gasteiger partial charge in [-0.05, 0) is 30.4 Å². The molecule has 38 heavy (non-hydrogen) atoms. The standard InChI is InChI=1S/C27H37ClN4O5S/c1-16(18-6-8-19(9-7-18)23-17(2)29-15-38-23)30-25(35)21-12-20(33)13-32(21)26(36)24(27(3,4)5)31-22(34)14-37-11-10-28/h6-9,15-16,20-21,24,33H,10-14H2,1-5H3,(H,30,35)(H,31,34). The molecule has 0 spiro atoms. The zero-order valence-electron chi connectivity index (χ0n) is 22.5. The molecule has 11 heteroatoms. The Balaban J connectivity index is 1.69. The molecule has 9 nitrogen and oxygen atoms in total. The van der Waals surface area contributed by atoms with Crippen LogP contribution in [0.25, 0.3) is 10.4 Å². The molecule has 3 N–H and O–H groups in total. The summed E-state index contributed by atoms with van der Waals surface area (Å²) < 4.78 is 5.18. The van der Waals surface area contributed by atoms with Crippen LogP contribution in [0, 0.1) is 12.3 Å². The maximum Gasteiger partial charge on any atom is 0.246 e. The average Bonchev–Trinajstić information content (AvgIpc) is 3.47. The van der Waals surface area contributed by atoms with E-state index >= 15 is 0 Å². The summed E-state index contributed by atoms with van der Waals surface area (Å²) in [7, 11) is 0. The van der Waals surface area contributed by atoms with Crippen LogP contribution in [0.2, 0.25) is 0 Å². The fraction of sp³-hybridized carbons (Fsp3) is 0.556. The molecular weight excluding hydrogens is 528 g/mol. The number of rotatable bonds is 10. The molecule has 0 bridgehead atoms. The molecule has 0 aliphatic carbocycles. The lowest BCUT2D eigenvalue weighted by atomic mass is 9.85. The van der Waals surface area contributed by atoms with Gasteiger partial charge in [0.05, 0.1) is 34.8 Å². The number of halogens is 1. The van der Waals surface area contributed by atoms with Crippen molar-refractivity contribution in [1.82, 2.24) is 20.5 Å². The Morgan fingerprint density at radius 1 is 1.24 bits per heavy atom. The van der Waals surface area contributed by atoms with Crippen LogP contribution < -0.4 is 10.6 Å². The van der Waals surface area contributed by atoms with Gasteiger partial charge in [0.1, 0.15) is 18.7 Å². The number of nitrogens with zero attached hydrogens (tertiary/aromatic N) is 2. The van der Waals surface area contributed by atoms with Gasteiger partial charge in [0.25, 0.3) is 0 Å². The number of carbonyl (C=O) groups excluding carboxylic acids is 3. The number of likely N-dealkylation sites (tertiary alicyclic amines) is 1. The second-order valence-electron chi connectivity index (χ2n) is 10.6. The van der Waals surface area contributed by atoms with Crippen molar-refractivity contribution in [2.24, 2.45) is 5.41 Å². The van der Waals surface area contributed by atoms with Gasteiger partial charge in [0.2, 0.25) is 17.7 Å². The number of carbonyl (C=O) groups is 3. The zero-order valence-corrected chi connectivity index (χ0v) is 24.1. The Bertz CT molecular complexity index is 1120. The van der Waals surface area contributed by atoms with Crippen molar-refractivity contribution in [3.8, 4) is 10.4 Å². The second-order valence-corrected chi connectivity index (χ2v) is 11.9. The first-order chi connectivity index (χ1) is 17.9. The predicted octanol–water partition coefficient (Wildman–Crippen LogP) is 3.04. The number of β-amino-alcohol motifs (C(OH)–C–C–N with tert-alkyl or cyclic N) is 1. The summed E-state index contributed by atoms with van der Waals surface area (Å²) in [5, 5.41) is 16.1. The summed E-state index contributed by atoms with van der Waals surface area (Å²) >= 11 is 7.17. The molecule has 208 valence electrons. The maximum atomic E-state index is 13.6. The van der Waals surface area contributed by atoms with Crippen LogP contribution in [0.1, 0.15) is 51.4 Å². The minimum absolute atomic E-state index is 0.0133. The minimum Gasteiger partial charge on any atom is -0.391 e. The van der Waals surface area contributed by atoms with Crippen LogP contribution in [0.3, 0.4) is 0 Å². The fourth-order valence-electron chi connectivity index (χ4n) is 4.44. The summed E-state index contributed by atoms with van der Waals surface area (Å²) in [6.07, 6.45) is -0.715. The highest BCUT2D eigenvalue weighted by molar-refractivity contribution is 7.13. The first-order valence-electron chi connectivity index (χ1n) is 12.6. The number of hydrogen-bond acceptors (Lipinski definition) is 7. The number of aryl methyl sites for hydroxylation is 1. The number of alkyl halides is 1. The maximum absolute atomic E-state index is 13.6. The number of nitrogens with one attached hydrogen (secondary N) is 2. The zero-order chi connectivity index (χ0) is 28.0. The van der Waals surface area contributed by atoms with Crippen molar-refractivity contribution in [3.05, 3.63) is 41.0 Å². The Hall–Kier alpha value is -2.53. The molecule has 4 atom stereocenters. The number of thiazole rings is 1. The first kappa shape index (κ1) is 30.0. The highest BCUT2D eigenvalue weighted by atomic mass is 35.5. The number of aliphatic hydroxyl groups is 1. The molecule has 0 radical (unpaired) electrons. The van der Waals surface area contributed by atoms with Crippen molar-refractivity contribution < 1.29 is 24.2 Å². The second kappa shape index (κ2) is 13.0. The molecular formula is C27H37ClN4O5S. The topological polar surface area (TPSA) is 121 Å². The number of ether oxygens (including phenoxy) is 1. The van der Waals surface area contributed by atoms with Gasteiger partial charge < -0.3 is 25.4 Å². The molecule has 2 heterocycles. The van der Waals surface area contributed by atoms with E-state index in [9.17, 15) is 19.5 Å². The highest BCUT2D eigenvalue weighted by Crippen LogP contribution is 2.29. The fourth-order valence-corrected chi connectivity index (χ4v) is 5.36. The smallest absolute Gasteiger partial charge is 0.246 e. The Labute approximate surface area is 232 Å². The Morgan fingerprint density at radius 2 is 1.92 bits per heavy atom. The van der Waals surface area contributed by atoms with E-state index in [0.717, 1.165) is 21.7 Å². The van der Waals surface area contributed by atoms with Gasteiger partial charge in [-0.2, -0.15) is 0 Å².